The number of nitrogens with zero attached hydrogens (tertiary/aromatic N) is 2. The summed E-state index contributed by atoms with van der Waals surface area (Å²) < 4.78 is 5.81. The predicted octanol–water partition coefficient (Wildman–Crippen LogP) is 4.70. The molecule has 6 heteroatoms. The van der Waals surface area contributed by atoms with E-state index in [1.54, 1.807) is 19.3 Å². The number of hydrogen-bond donors (Lipinski definition) is 2. The average Bonchev–Trinajstić information content (AvgIpc) is 3.21. The molecule has 6 nitrogen and oxygen atoms in total. The third-order valence-electron chi connectivity index (χ3n) is 4.71. The summed E-state index contributed by atoms with van der Waals surface area (Å²) in [4.78, 5) is 19.8. The number of carbonyl (C=O) groups is 1. The summed E-state index contributed by atoms with van der Waals surface area (Å²) in [5.41, 5.74) is 6.86. The van der Waals surface area contributed by atoms with Crippen LogP contribution in [0, 0.1) is 0 Å². The molecule has 0 spiro atoms. The maximum atomic E-state index is 12.3. The van der Waals surface area contributed by atoms with Crippen LogP contribution in [-0.2, 0) is 11.4 Å². The Bertz CT molecular complexity index is 1230. The number of amides is 1. The maximum Gasteiger partial charge on any atom is 0.267 e. The Morgan fingerprint density at radius 3 is 2.65 bits per heavy atom. The van der Waals surface area contributed by atoms with Crippen molar-refractivity contribution in [3.05, 3.63) is 101 Å². The number of benzene rings is 2. The second-order valence-corrected chi connectivity index (χ2v) is 7.02. The van der Waals surface area contributed by atoms with Gasteiger partial charge in [-0.05, 0) is 24.1 Å². The molecular weight excluding hydrogens is 388 g/mol. The molecule has 0 saturated heterocycles. The molecule has 1 amide bonds. The minimum atomic E-state index is -0.256. The quantitative estimate of drug-likeness (QED) is 0.263. The van der Waals surface area contributed by atoms with Gasteiger partial charge in [-0.25, -0.2) is 10.4 Å². The van der Waals surface area contributed by atoms with Crippen LogP contribution in [-0.4, -0.2) is 22.1 Å². The van der Waals surface area contributed by atoms with Crippen molar-refractivity contribution in [2.75, 3.05) is 0 Å². The van der Waals surface area contributed by atoms with Crippen LogP contribution in [0.4, 0.5) is 0 Å². The van der Waals surface area contributed by atoms with E-state index in [9.17, 15) is 4.79 Å². The molecule has 0 bridgehead atoms. The molecule has 2 heterocycles. The smallest absolute Gasteiger partial charge is 0.267 e. The van der Waals surface area contributed by atoms with Crippen molar-refractivity contribution in [3.63, 3.8) is 0 Å². The van der Waals surface area contributed by atoms with Crippen molar-refractivity contribution >= 4 is 29.1 Å². The second-order valence-electron chi connectivity index (χ2n) is 7.02. The molecule has 2 N–H and O–H groups in total. The van der Waals surface area contributed by atoms with E-state index >= 15 is 0 Å². The number of ether oxygens (including phenoxy) is 1. The molecule has 0 aliphatic carbocycles. The van der Waals surface area contributed by atoms with Gasteiger partial charge in [-0.1, -0.05) is 60.7 Å². The van der Waals surface area contributed by atoms with E-state index in [4.69, 9.17) is 4.74 Å². The van der Waals surface area contributed by atoms with Crippen molar-refractivity contribution in [1.29, 1.82) is 0 Å². The molecule has 0 aliphatic rings. The number of nitrogens with one attached hydrogen (secondary N) is 2. The van der Waals surface area contributed by atoms with E-state index in [0.29, 0.717) is 18.1 Å². The van der Waals surface area contributed by atoms with Gasteiger partial charge in [0.2, 0.25) is 5.88 Å². The third kappa shape index (κ3) is 5.25. The Morgan fingerprint density at radius 2 is 1.87 bits per heavy atom. The van der Waals surface area contributed by atoms with Crippen LogP contribution >= 0.6 is 0 Å². The molecule has 2 aromatic heterocycles. The zero-order valence-corrected chi connectivity index (χ0v) is 17.1. The van der Waals surface area contributed by atoms with Gasteiger partial charge in [0.1, 0.15) is 6.61 Å². The Morgan fingerprint density at radius 1 is 1.13 bits per heavy atom. The molecule has 4 rings (SSSR count). The summed E-state index contributed by atoms with van der Waals surface area (Å²) >= 11 is 0. The predicted molar refractivity (Wildman–Crippen MR) is 123 cm³/mol. The monoisotopic (exact) mass is 410 g/mol. The molecule has 0 saturated carbocycles. The number of carbonyl (C=O) groups excluding carboxylic acids is 1. The van der Waals surface area contributed by atoms with Gasteiger partial charge in [0, 0.05) is 28.8 Å². The summed E-state index contributed by atoms with van der Waals surface area (Å²) in [6.45, 7) is 2.20. The zero-order chi connectivity index (χ0) is 21.5. The topological polar surface area (TPSA) is 79.4 Å². The molecule has 31 heavy (non-hydrogen) atoms. The molecule has 154 valence electrons. The lowest BCUT2D eigenvalue weighted by molar-refractivity contribution is -0.117. The van der Waals surface area contributed by atoms with E-state index in [1.165, 1.54) is 0 Å². The highest BCUT2D eigenvalue weighted by Crippen LogP contribution is 2.21. The molecule has 0 radical (unpaired) electrons. The van der Waals surface area contributed by atoms with Crippen LogP contribution in [0.3, 0.4) is 0 Å². The standard InChI is InChI=1S/C25H22N4O2/c1-18(12-19-8-4-2-5-9-19)25(30)29-28-15-21-14-26-23-16-27-24(13-22(21)23)31-17-20-10-6-3-7-11-20/h2-16,26H,17H2,1H3,(H,29,30)/b18-12+,28-15+. The second kappa shape index (κ2) is 9.54. The minimum Gasteiger partial charge on any atom is -0.473 e. The molecular formula is C25H22N4O2. The minimum absolute atomic E-state index is 0.256. The molecule has 0 aliphatic heterocycles. The lowest BCUT2D eigenvalue weighted by atomic mass is 10.1. The van der Waals surface area contributed by atoms with Crippen LogP contribution < -0.4 is 10.2 Å². The largest absolute Gasteiger partial charge is 0.473 e. The van der Waals surface area contributed by atoms with Gasteiger partial charge in [0.25, 0.3) is 5.91 Å². The zero-order valence-electron chi connectivity index (χ0n) is 17.1. The number of aromatic nitrogens is 2. The lowest BCUT2D eigenvalue weighted by Crippen LogP contribution is -2.18. The highest BCUT2D eigenvalue weighted by molar-refractivity contribution is 6.01. The highest BCUT2D eigenvalue weighted by atomic mass is 16.5. The van der Waals surface area contributed by atoms with Crippen LogP contribution in [0.2, 0.25) is 0 Å². The number of rotatable bonds is 7. The summed E-state index contributed by atoms with van der Waals surface area (Å²) in [6, 6.07) is 21.5. The summed E-state index contributed by atoms with van der Waals surface area (Å²) in [5.74, 6) is 0.268. The fourth-order valence-corrected chi connectivity index (χ4v) is 3.05. The fourth-order valence-electron chi connectivity index (χ4n) is 3.05. The first-order valence-electron chi connectivity index (χ1n) is 9.89. The first-order valence-corrected chi connectivity index (χ1v) is 9.89. The number of aromatic amines is 1. The fraction of sp³-hybridized carbons (Fsp3) is 0.0800. The van der Waals surface area contributed by atoms with Crippen molar-refractivity contribution < 1.29 is 9.53 Å². The van der Waals surface area contributed by atoms with Gasteiger partial charge < -0.3 is 9.72 Å². The van der Waals surface area contributed by atoms with Crippen LogP contribution in [0.5, 0.6) is 5.88 Å². The highest BCUT2D eigenvalue weighted by Gasteiger charge is 2.06. The molecule has 2 aromatic carbocycles. The van der Waals surface area contributed by atoms with Crippen molar-refractivity contribution in [1.82, 2.24) is 15.4 Å². The van der Waals surface area contributed by atoms with Gasteiger partial charge in [-0.15, -0.1) is 0 Å². The molecule has 0 atom stereocenters. The van der Waals surface area contributed by atoms with E-state index < -0.39 is 0 Å². The van der Waals surface area contributed by atoms with E-state index in [2.05, 4.69) is 20.5 Å². The van der Waals surface area contributed by atoms with Gasteiger partial charge in [0.15, 0.2) is 0 Å². The number of fused-ring (bicyclic) bond motifs is 1. The van der Waals surface area contributed by atoms with Crippen molar-refractivity contribution in [3.8, 4) is 5.88 Å². The number of pyridine rings is 1. The van der Waals surface area contributed by atoms with Gasteiger partial charge in [0.05, 0.1) is 17.9 Å². The Labute approximate surface area is 180 Å². The Balaban J connectivity index is 1.42. The van der Waals surface area contributed by atoms with Crippen LogP contribution in [0.1, 0.15) is 23.6 Å². The van der Waals surface area contributed by atoms with Crippen molar-refractivity contribution in [2.24, 2.45) is 5.10 Å². The number of hydrazone groups is 1. The SMILES string of the molecule is C/C(=C\c1ccccc1)C(=O)N/N=C/c1c[nH]c2cnc(OCc3ccccc3)cc12. The number of H-pyrrole nitrogens is 1. The Kier molecular flexibility index (Phi) is 6.18. The third-order valence-corrected chi connectivity index (χ3v) is 4.71. The number of hydrogen-bond acceptors (Lipinski definition) is 4. The maximum absolute atomic E-state index is 12.3. The normalized spacial score (nSPS) is 11.7. The van der Waals surface area contributed by atoms with E-state index in [1.807, 2.05) is 79.0 Å². The first-order chi connectivity index (χ1) is 15.2. The van der Waals surface area contributed by atoms with Gasteiger partial charge >= 0.3 is 0 Å². The molecule has 0 unspecified atom stereocenters. The summed E-state index contributed by atoms with van der Waals surface area (Å²) in [6.07, 6.45) is 6.96. The summed E-state index contributed by atoms with van der Waals surface area (Å²) in [5, 5.41) is 5.01. The van der Waals surface area contributed by atoms with Gasteiger partial charge in [-0.3, -0.25) is 4.79 Å². The molecule has 0 fully saturated rings. The average molecular weight is 410 g/mol. The van der Waals surface area contributed by atoms with Crippen molar-refractivity contribution in [2.45, 2.75) is 13.5 Å². The van der Waals surface area contributed by atoms with Crippen LogP contribution in [0.15, 0.2) is 89.8 Å². The lowest BCUT2D eigenvalue weighted by Gasteiger charge is -2.05. The van der Waals surface area contributed by atoms with E-state index in [-0.39, 0.29) is 5.91 Å². The van der Waals surface area contributed by atoms with E-state index in [0.717, 1.165) is 27.6 Å². The summed E-state index contributed by atoms with van der Waals surface area (Å²) in [7, 11) is 0. The van der Waals surface area contributed by atoms with Gasteiger partial charge in [-0.2, -0.15) is 5.10 Å². The Hall–Kier alpha value is -4.19. The van der Waals surface area contributed by atoms with Crippen LogP contribution in [0.25, 0.3) is 17.0 Å². The molecule has 4 aromatic rings. The first kappa shape index (κ1) is 20.1.